The Balaban J connectivity index is 1.33. The van der Waals surface area contributed by atoms with Crippen molar-refractivity contribution >= 4 is 72.1 Å². The molecule has 0 radical (unpaired) electrons. The summed E-state index contributed by atoms with van der Waals surface area (Å²) in [4.78, 5) is 12.9. The third kappa shape index (κ3) is 7.25. The Morgan fingerprint density at radius 2 is 1.46 bits per heavy atom. The number of amides is 1. The summed E-state index contributed by atoms with van der Waals surface area (Å²) in [5, 5.41) is 3.81. The van der Waals surface area contributed by atoms with Gasteiger partial charge >= 0.3 is 0 Å². The molecule has 1 heterocycles. The molecule has 0 saturated carbocycles. The van der Waals surface area contributed by atoms with Crippen molar-refractivity contribution in [2.75, 3.05) is 23.1 Å². The van der Waals surface area contributed by atoms with Crippen LogP contribution in [0.5, 0.6) is 0 Å². The fourth-order valence-electron chi connectivity index (χ4n) is 4.17. The lowest BCUT2D eigenvalue weighted by atomic mass is 9.97. The van der Waals surface area contributed by atoms with Crippen molar-refractivity contribution in [1.29, 1.82) is 0 Å². The summed E-state index contributed by atoms with van der Waals surface area (Å²) in [6.45, 7) is 2.19. The van der Waals surface area contributed by atoms with Crippen LogP contribution in [-0.2, 0) is 30.6 Å². The molecule has 2 N–H and O–H groups in total. The summed E-state index contributed by atoms with van der Waals surface area (Å²) in [6, 6.07) is 15.5. The van der Waals surface area contributed by atoms with Crippen molar-refractivity contribution in [3.63, 3.8) is 0 Å². The second-order valence-electron chi connectivity index (χ2n) is 9.21. The molecule has 39 heavy (non-hydrogen) atoms. The van der Waals surface area contributed by atoms with Gasteiger partial charge in [0, 0.05) is 45.3 Å². The molecule has 1 aliphatic heterocycles. The monoisotopic (exact) mass is 629 g/mol. The number of piperidine rings is 1. The van der Waals surface area contributed by atoms with E-state index < -0.39 is 26.0 Å². The van der Waals surface area contributed by atoms with Crippen LogP contribution in [0, 0.1) is 12.8 Å². The van der Waals surface area contributed by atoms with E-state index in [0.29, 0.717) is 34.8 Å². The Kier molecular flexibility index (Phi) is 9.15. The molecule has 3 aromatic carbocycles. The number of benzene rings is 3. The third-order valence-electron chi connectivity index (χ3n) is 6.46. The zero-order chi connectivity index (χ0) is 28.4. The first-order valence-electron chi connectivity index (χ1n) is 12.0. The predicted octanol–water partition coefficient (Wildman–Crippen LogP) is 5.94. The van der Waals surface area contributed by atoms with Crippen molar-refractivity contribution in [1.82, 2.24) is 4.31 Å². The highest BCUT2D eigenvalue weighted by molar-refractivity contribution is 7.92. The molecule has 1 aliphatic rings. The second-order valence-corrected chi connectivity index (χ2v) is 14.1. The molecule has 0 aliphatic carbocycles. The van der Waals surface area contributed by atoms with Crippen LogP contribution in [-0.4, -0.2) is 40.1 Å². The molecule has 3 aromatic rings. The zero-order valence-corrected chi connectivity index (χ0v) is 24.7. The van der Waals surface area contributed by atoms with E-state index in [1.807, 2.05) is 6.92 Å². The van der Waals surface area contributed by atoms with Crippen LogP contribution in [0.15, 0.2) is 65.6 Å². The highest BCUT2D eigenvalue weighted by atomic mass is 35.5. The van der Waals surface area contributed by atoms with Gasteiger partial charge in [0.2, 0.25) is 15.9 Å². The fourth-order valence-corrected chi connectivity index (χ4v) is 7.72. The van der Waals surface area contributed by atoms with Crippen LogP contribution in [0.4, 0.5) is 11.4 Å². The molecule has 0 spiro atoms. The lowest BCUT2D eigenvalue weighted by molar-refractivity contribution is -0.120. The summed E-state index contributed by atoms with van der Waals surface area (Å²) >= 11 is 18.4. The molecule has 4 rings (SSSR count). The number of nitrogens with one attached hydrogen (secondary N) is 2. The second kappa shape index (κ2) is 12.0. The molecular weight excluding hydrogens is 605 g/mol. The first-order chi connectivity index (χ1) is 18.4. The van der Waals surface area contributed by atoms with E-state index in [4.69, 9.17) is 34.8 Å². The van der Waals surface area contributed by atoms with Crippen molar-refractivity contribution in [2.24, 2.45) is 5.92 Å². The van der Waals surface area contributed by atoms with Gasteiger partial charge in [0.15, 0.2) is 0 Å². The highest BCUT2D eigenvalue weighted by Gasteiger charge is 2.32. The van der Waals surface area contributed by atoms with E-state index in [1.165, 1.54) is 34.6 Å². The predicted molar refractivity (Wildman–Crippen MR) is 155 cm³/mol. The van der Waals surface area contributed by atoms with Gasteiger partial charge in [-0.1, -0.05) is 46.9 Å². The van der Waals surface area contributed by atoms with Crippen LogP contribution in [0.1, 0.15) is 24.0 Å². The summed E-state index contributed by atoms with van der Waals surface area (Å²) in [5.74, 6) is -0.968. The summed E-state index contributed by atoms with van der Waals surface area (Å²) in [7, 11) is -7.53. The van der Waals surface area contributed by atoms with Gasteiger partial charge in [-0.2, -0.15) is 0 Å². The van der Waals surface area contributed by atoms with Crippen LogP contribution in [0.2, 0.25) is 15.1 Å². The lowest BCUT2D eigenvalue weighted by Gasteiger charge is -2.30. The topological polar surface area (TPSA) is 113 Å². The van der Waals surface area contributed by atoms with Crippen LogP contribution < -0.4 is 10.0 Å². The van der Waals surface area contributed by atoms with Gasteiger partial charge in [-0.05, 0) is 73.9 Å². The minimum absolute atomic E-state index is 0.0225. The summed E-state index contributed by atoms with van der Waals surface area (Å²) in [6.07, 6.45) is 0.688. The maximum Gasteiger partial charge on any atom is 0.261 e. The molecule has 1 saturated heterocycles. The van der Waals surface area contributed by atoms with Crippen molar-refractivity contribution in [3.05, 3.63) is 86.9 Å². The number of rotatable bonds is 8. The molecule has 0 unspecified atom stereocenters. The molecule has 8 nitrogen and oxygen atoms in total. The van der Waals surface area contributed by atoms with Crippen LogP contribution in [0.3, 0.4) is 0 Å². The minimum atomic E-state index is -3.86. The smallest absolute Gasteiger partial charge is 0.261 e. The lowest BCUT2D eigenvalue weighted by Crippen LogP contribution is -2.42. The number of sulfonamides is 2. The summed E-state index contributed by atoms with van der Waals surface area (Å²) < 4.78 is 55.2. The number of hydrogen-bond donors (Lipinski definition) is 2. The van der Waals surface area contributed by atoms with Gasteiger partial charge in [0.1, 0.15) is 0 Å². The van der Waals surface area contributed by atoms with Gasteiger partial charge in [-0.3, -0.25) is 9.52 Å². The molecule has 0 atom stereocenters. The normalized spacial score (nSPS) is 15.2. The number of nitrogens with zero attached hydrogens (tertiary/aromatic N) is 1. The van der Waals surface area contributed by atoms with E-state index in [2.05, 4.69) is 10.0 Å². The van der Waals surface area contributed by atoms with Gasteiger partial charge < -0.3 is 5.32 Å². The van der Waals surface area contributed by atoms with Crippen molar-refractivity contribution in [2.45, 2.75) is 30.4 Å². The standard InChI is InChI=1S/C26H26Cl3N3O5S2/c1-17-5-6-20(15-25(17)29)31-39(36,37)21-9-7-19(8-10-21)30-26(33)18-11-13-32(14-12-18)38(34,35)16-22-23(27)3-2-4-24(22)28/h2-10,15,18,31H,11-14,16H2,1H3,(H,30,33). The molecule has 1 amide bonds. The molecule has 0 bridgehead atoms. The molecular formula is C26H26Cl3N3O5S2. The zero-order valence-electron chi connectivity index (χ0n) is 20.8. The number of halogens is 3. The maximum atomic E-state index is 12.9. The average molecular weight is 631 g/mol. The maximum absolute atomic E-state index is 12.9. The molecule has 13 heteroatoms. The summed E-state index contributed by atoms with van der Waals surface area (Å²) in [5.41, 5.74) is 1.95. The van der Waals surface area contributed by atoms with E-state index in [0.717, 1.165) is 5.56 Å². The van der Waals surface area contributed by atoms with Crippen molar-refractivity contribution in [3.8, 4) is 0 Å². The minimum Gasteiger partial charge on any atom is -0.326 e. The quantitative estimate of drug-likeness (QED) is 0.320. The Labute approximate surface area is 243 Å². The number of aryl methyl sites for hydroxylation is 1. The SMILES string of the molecule is Cc1ccc(NS(=O)(=O)c2ccc(NC(=O)C3CCN(S(=O)(=O)Cc4c(Cl)cccc4Cl)CC3)cc2)cc1Cl. The largest absolute Gasteiger partial charge is 0.326 e. The van der Waals surface area contributed by atoms with E-state index in [9.17, 15) is 21.6 Å². The van der Waals surface area contributed by atoms with Gasteiger partial charge in [-0.25, -0.2) is 21.1 Å². The van der Waals surface area contributed by atoms with E-state index in [1.54, 1.807) is 30.3 Å². The van der Waals surface area contributed by atoms with Gasteiger partial charge in [0.05, 0.1) is 16.3 Å². The molecule has 0 aromatic heterocycles. The highest BCUT2D eigenvalue weighted by Crippen LogP contribution is 2.29. The Morgan fingerprint density at radius 1 is 0.872 bits per heavy atom. The number of anilines is 2. The van der Waals surface area contributed by atoms with Crippen LogP contribution >= 0.6 is 34.8 Å². The Bertz CT molecular complexity index is 1570. The first-order valence-corrected chi connectivity index (χ1v) is 16.2. The van der Waals surface area contributed by atoms with E-state index >= 15 is 0 Å². The first kappa shape index (κ1) is 29.6. The number of carbonyl (C=O) groups is 1. The molecule has 208 valence electrons. The van der Waals surface area contributed by atoms with Gasteiger partial charge in [0.25, 0.3) is 10.0 Å². The third-order valence-corrected chi connectivity index (χ3v) is 10.8. The average Bonchev–Trinajstić information content (AvgIpc) is 2.89. The van der Waals surface area contributed by atoms with Crippen LogP contribution in [0.25, 0.3) is 0 Å². The van der Waals surface area contributed by atoms with Gasteiger partial charge in [-0.15, -0.1) is 0 Å². The van der Waals surface area contributed by atoms with Crippen molar-refractivity contribution < 1.29 is 21.6 Å². The number of hydrogen-bond acceptors (Lipinski definition) is 5. The molecule has 1 fully saturated rings. The van der Waals surface area contributed by atoms with E-state index in [-0.39, 0.29) is 39.7 Å². The Hall–Kier alpha value is -2.34. The number of carbonyl (C=O) groups excluding carboxylic acids is 1. The fraction of sp³-hybridized carbons (Fsp3) is 0.269. The Morgan fingerprint density at radius 3 is 2.05 bits per heavy atom.